The second kappa shape index (κ2) is 15.8. The molecule has 7 aromatic carbocycles. The zero-order chi connectivity index (χ0) is 42.5. The quantitative estimate of drug-likeness (QED) is 0.162. The van der Waals surface area contributed by atoms with Crippen molar-refractivity contribution in [3.8, 4) is 39.5 Å². The number of imidazole rings is 1. The van der Waals surface area contributed by atoms with Crippen molar-refractivity contribution in [3.05, 3.63) is 187 Å². The van der Waals surface area contributed by atoms with Gasteiger partial charge in [-0.1, -0.05) is 124 Å². The first kappa shape index (κ1) is 32.0. The van der Waals surface area contributed by atoms with Crippen LogP contribution in [0.15, 0.2) is 168 Å². The Kier molecular flexibility index (Phi) is 8.86. The van der Waals surface area contributed by atoms with Gasteiger partial charge in [0.2, 0.25) is 0 Å². The van der Waals surface area contributed by atoms with Crippen molar-refractivity contribution in [2.45, 2.75) is 34.0 Å². The summed E-state index contributed by atoms with van der Waals surface area (Å²) in [5.74, 6) is 0.740. The van der Waals surface area contributed by atoms with Gasteiger partial charge in [0.15, 0.2) is 0 Å². The zero-order valence-electron chi connectivity index (χ0n) is 36.7. The van der Waals surface area contributed by atoms with Crippen LogP contribution < -0.4 is 0 Å². The molecule has 0 aliphatic heterocycles. The molecule has 1 radical (unpaired) electrons. The number of para-hydroxylation sites is 3. The number of rotatable bonds is 5. The van der Waals surface area contributed by atoms with Gasteiger partial charge in [-0.2, -0.15) is 0 Å². The normalized spacial score (nSPS) is 13.2. The molecule has 0 saturated carbocycles. The minimum absolute atomic E-state index is 0. The molecule has 3 heterocycles. The van der Waals surface area contributed by atoms with Crippen LogP contribution in [0.25, 0.3) is 83.2 Å². The molecule has 10 rings (SSSR count). The number of benzene rings is 7. The van der Waals surface area contributed by atoms with Gasteiger partial charge in [-0.3, -0.25) is 4.98 Å². The van der Waals surface area contributed by atoms with E-state index < -0.39 is 18.6 Å². The predicted octanol–water partition coefficient (Wildman–Crippen LogP) is 13.7. The number of furan rings is 1. The molecule has 10 aromatic rings. The molecular formula is C52H41IrN3O-2. The Balaban J connectivity index is 0.000000179. The Morgan fingerprint density at radius 2 is 1.49 bits per heavy atom. The average Bonchev–Trinajstić information content (AvgIpc) is 3.84. The third-order valence-electron chi connectivity index (χ3n) is 9.68. The van der Waals surface area contributed by atoms with E-state index in [1.54, 1.807) is 18.3 Å². The van der Waals surface area contributed by atoms with Crippen molar-refractivity contribution in [1.82, 2.24) is 14.5 Å². The van der Waals surface area contributed by atoms with Crippen molar-refractivity contribution in [3.63, 3.8) is 0 Å². The molecule has 4 nitrogen and oxygen atoms in total. The van der Waals surface area contributed by atoms with Gasteiger partial charge in [0.05, 0.1) is 22.4 Å². The molecule has 0 spiro atoms. The maximum absolute atomic E-state index is 8.55. The van der Waals surface area contributed by atoms with Crippen LogP contribution in [-0.4, -0.2) is 14.5 Å². The van der Waals surface area contributed by atoms with Crippen LogP contribution >= 0.6 is 0 Å². The second-order valence-electron chi connectivity index (χ2n) is 14.9. The van der Waals surface area contributed by atoms with Crippen LogP contribution in [0.1, 0.15) is 38.8 Å². The van der Waals surface area contributed by atoms with Gasteiger partial charge in [-0.05, 0) is 87.4 Å². The van der Waals surface area contributed by atoms with Gasteiger partial charge in [0.25, 0.3) is 0 Å². The first-order chi connectivity index (χ1) is 29.3. The number of pyridine rings is 1. The Morgan fingerprint density at radius 3 is 2.25 bits per heavy atom. The topological polar surface area (TPSA) is 43.9 Å². The van der Waals surface area contributed by atoms with Gasteiger partial charge in [0.1, 0.15) is 5.58 Å². The standard InChI is InChI=1S/C32H26NO.C20H15N2.Ir/c1-32(2,3)20-21-11-13-22(14-12-21)25-15-16-33-29(18-25)27-10-6-9-26-28-17-23-7-4-5-8-24(23)19-30(28)34-31(26)27;1-15-11-13-16(14-12-15)20-21-18-9-5-6-10-19(18)22(20)17-7-3-2-4-8-17;/h4-9,11-19H,20H2,1-3H3;2-13H,1H3;/q2*-1;/i20D2;1D3;. The number of hydrogen-bond acceptors (Lipinski definition) is 3. The Labute approximate surface area is 354 Å². The summed E-state index contributed by atoms with van der Waals surface area (Å²) in [6, 6.07) is 57.6. The van der Waals surface area contributed by atoms with Crippen LogP contribution in [0, 0.1) is 24.4 Å². The average molecular weight is 921 g/mol. The Hall–Kier alpha value is -6.13. The van der Waals surface area contributed by atoms with E-state index in [-0.39, 0.29) is 25.7 Å². The minimum Gasteiger partial charge on any atom is -0.501 e. The summed E-state index contributed by atoms with van der Waals surface area (Å²) in [5.41, 5.74) is 9.37. The van der Waals surface area contributed by atoms with Gasteiger partial charge in [-0.25, -0.2) is 0 Å². The zero-order valence-corrected chi connectivity index (χ0v) is 34.1. The molecule has 0 atom stereocenters. The van der Waals surface area contributed by atoms with Gasteiger partial charge in [0, 0.05) is 44.2 Å². The number of hydrogen-bond donors (Lipinski definition) is 0. The van der Waals surface area contributed by atoms with Crippen LogP contribution in [0.2, 0.25) is 0 Å². The largest absolute Gasteiger partial charge is 0.501 e. The van der Waals surface area contributed by atoms with Crippen LogP contribution in [0.4, 0.5) is 0 Å². The number of fused-ring (bicyclic) bond motifs is 5. The summed E-state index contributed by atoms with van der Waals surface area (Å²) in [5, 5.41) is 4.46. The predicted molar refractivity (Wildman–Crippen MR) is 232 cm³/mol. The third kappa shape index (κ3) is 7.82. The molecule has 5 heteroatoms. The van der Waals surface area contributed by atoms with Crippen LogP contribution in [0.3, 0.4) is 0 Å². The number of nitrogens with zero attached hydrogens (tertiary/aromatic N) is 3. The van der Waals surface area contributed by atoms with E-state index in [0.29, 0.717) is 5.56 Å². The van der Waals surface area contributed by atoms with E-state index in [9.17, 15) is 0 Å². The van der Waals surface area contributed by atoms with E-state index in [0.717, 1.165) is 77.8 Å². The Morgan fingerprint density at radius 1 is 0.737 bits per heavy atom. The summed E-state index contributed by atoms with van der Waals surface area (Å²) >= 11 is 0. The van der Waals surface area contributed by atoms with Crippen molar-refractivity contribution in [2.24, 2.45) is 5.41 Å². The van der Waals surface area contributed by atoms with E-state index >= 15 is 0 Å². The van der Waals surface area contributed by atoms with E-state index in [1.165, 1.54) is 11.5 Å². The molecule has 0 unspecified atom stereocenters. The maximum Gasteiger partial charge on any atom is 0.121 e. The number of aryl methyl sites for hydroxylation is 1. The minimum atomic E-state index is -2.13. The third-order valence-corrected chi connectivity index (χ3v) is 9.68. The van der Waals surface area contributed by atoms with Crippen molar-refractivity contribution in [2.75, 3.05) is 0 Å². The first-order valence-corrected chi connectivity index (χ1v) is 18.6. The summed E-state index contributed by atoms with van der Waals surface area (Å²) in [4.78, 5) is 9.39. The molecule has 57 heavy (non-hydrogen) atoms. The van der Waals surface area contributed by atoms with Crippen LogP contribution in [0.5, 0.6) is 0 Å². The fourth-order valence-electron chi connectivity index (χ4n) is 7.15. The molecule has 0 saturated heterocycles. The van der Waals surface area contributed by atoms with Crippen molar-refractivity contribution >= 4 is 43.7 Å². The summed E-state index contributed by atoms with van der Waals surface area (Å²) in [6.45, 7) is 3.64. The van der Waals surface area contributed by atoms with Crippen molar-refractivity contribution < 1.29 is 31.4 Å². The SMILES string of the molecule is [2H]C([2H])([2H])c1c[c-]c(-c2nc3ccccc3n2-c2ccccc2)cc1.[2H]C([2H])(c1ccc(-c2ccnc(-c3[c-]ccc4c3oc3cc5ccccc5cc34)c2)cc1)C(C)(C)C.[Ir]. The first-order valence-electron chi connectivity index (χ1n) is 21.1. The monoisotopic (exact) mass is 921 g/mol. The second-order valence-corrected chi connectivity index (χ2v) is 14.9. The fraction of sp³-hybridized carbons (Fsp3) is 0.115. The van der Waals surface area contributed by atoms with Gasteiger partial charge >= 0.3 is 0 Å². The molecule has 0 amide bonds. The fourth-order valence-corrected chi connectivity index (χ4v) is 7.15. The summed E-state index contributed by atoms with van der Waals surface area (Å²) < 4.78 is 48.0. The molecule has 0 bridgehead atoms. The van der Waals surface area contributed by atoms with Gasteiger partial charge < -0.3 is 14.0 Å². The molecule has 0 N–H and O–H groups in total. The molecule has 3 aromatic heterocycles. The molecule has 281 valence electrons. The Bertz CT molecular complexity index is 3190. The number of aromatic nitrogens is 3. The van der Waals surface area contributed by atoms with E-state index in [4.69, 9.17) is 16.3 Å². The molecule has 0 aliphatic carbocycles. The van der Waals surface area contributed by atoms with E-state index in [1.807, 2.05) is 130 Å². The molecule has 0 aliphatic rings. The van der Waals surface area contributed by atoms with Crippen LogP contribution in [-0.2, 0) is 26.5 Å². The summed E-state index contributed by atoms with van der Waals surface area (Å²) in [6.07, 6.45) is 0.377. The summed E-state index contributed by atoms with van der Waals surface area (Å²) in [7, 11) is 0. The smallest absolute Gasteiger partial charge is 0.121 e. The molecule has 0 fully saturated rings. The van der Waals surface area contributed by atoms with Gasteiger partial charge in [-0.15, -0.1) is 53.6 Å². The van der Waals surface area contributed by atoms with Crippen molar-refractivity contribution in [1.29, 1.82) is 0 Å². The maximum atomic E-state index is 8.55. The van der Waals surface area contributed by atoms with E-state index in [2.05, 4.69) is 52.0 Å². The molecular weight excluding hydrogens is 875 g/mol.